The fourth-order valence-corrected chi connectivity index (χ4v) is 2.55. The van der Waals surface area contributed by atoms with Crippen molar-refractivity contribution in [3.8, 4) is 11.5 Å². The summed E-state index contributed by atoms with van der Waals surface area (Å²) in [5.41, 5.74) is 0. The molecule has 0 aromatic heterocycles. The molecule has 1 aromatic carbocycles. The molecule has 1 unspecified atom stereocenters. The summed E-state index contributed by atoms with van der Waals surface area (Å²) in [5, 5.41) is 0. The Bertz CT molecular complexity index is 638. The van der Waals surface area contributed by atoms with Crippen LogP contribution >= 0.6 is 0 Å². The Morgan fingerprint density at radius 3 is 2.31 bits per heavy atom. The lowest BCUT2D eigenvalue weighted by molar-refractivity contribution is -0.274. The number of carbonyl (C=O) groups is 2. The first-order valence-corrected chi connectivity index (χ1v) is 7.73. The van der Waals surface area contributed by atoms with Crippen LogP contribution in [0.3, 0.4) is 0 Å². The number of benzene rings is 1. The fourth-order valence-electron chi connectivity index (χ4n) is 2.55. The summed E-state index contributed by atoms with van der Waals surface area (Å²) in [6.45, 7) is 2.51. The first-order valence-electron chi connectivity index (χ1n) is 7.73. The minimum Gasteiger partial charge on any atom is -0.410 e. The largest absolute Gasteiger partial charge is 0.573 e. The Balaban J connectivity index is 1.97. The van der Waals surface area contributed by atoms with Gasteiger partial charge in [0.05, 0.1) is 6.04 Å². The van der Waals surface area contributed by atoms with Crippen molar-refractivity contribution in [1.29, 1.82) is 0 Å². The van der Waals surface area contributed by atoms with Crippen LogP contribution in [0.5, 0.6) is 11.5 Å². The van der Waals surface area contributed by atoms with E-state index in [1.54, 1.807) is 0 Å². The Morgan fingerprint density at radius 2 is 1.77 bits per heavy atom. The van der Waals surface area contributed by atoms with Gasteiger partial charge in [0.15, 0.2) is 0 Å². The second-order valence-electron chi connectivity index (χ2n) is 5.47. The first-order chi connectivity index (χ1) is 12.2. The molecule has 144 valence electrons. The highest BCUT2D eigenvalue weighted by Gasteiger charge is 2.33. The third-order valence-corrected chi connectivity index (χ3v) is 3.81. The van der Waals surface area contributed by atoms with Crippen LogP contribution in [0.15, 0.2) is 24.3 Å². The van der Waals surface area contributed by atoms with Crippen LogP contribution in [0.25, 0.3) is 0 Å². The lowest BCUT2D eigenvalue weighted by atomic mass is 10.1. The highest BCUT2D eigenvalue weighted by molar-refractivity contribution is 5.72. The van der Waals surface area contributed by atoms with E-state index >= 15 is 0 Å². The van der Waals surface area contributed by atoms with Crippen molar-refractivity contribution in [2.75, 3.05) is 19.6 Å². The van der Waals surface area contributed by atoms with E-state index < -0.39 is 24.3 Å². The van der Waals surface area contributed by atoms with Crippen LogP contribution in [-0.2, 0) is 4.84 Å². The van der Waals surface area contributed by atoms with Crippen LogP contribution in [-0.4, -0.2) is 54.0 Å². The molecule has 1 fully saturated rings. The summed E-state index contributed by atoms with van der Waals surface area (Å²) in [5.74, 6) is 4.51. The van der Waals surface area contributed by atoms with Gasteiger partial charge in [-0.05, 0) is 30.7 Å². The lowest BCUT2D eigenvalue weighted by Gasteiger charge is -2.39. The molecule has 0 spiro atoms. The maximum atomic E-state index is 12.3. The number of halogens is 3. The number of hydrogen-bond acceptors (Lipinski definition) is 6. The third kappa shape index (κ3) is 5.15. The second kappa shape index (κ2) is 8.13. The van der Waals surface area contributed by atoms with Crippen molar-refractivity contribution in [2.45, 2.75) is 25.7 Å². The number of amides is 2. The smallest absolute Gasteiger partial charge is 0.410 e. The molecule has 1 saturated heterocycles. The SMILES string of the molecule is CCC1CN(C(=O)ON)CCN1C(=O)Oc1ccc(OC(F)(F)F)cc1. The summed E-state index contributed by atoms with van der Waals surface area (Å²) in [7, 11) is 0. The zero-order valence-electron chi connectivity index (χ0n) is 13.9. The number of ether oxygens (including phenoxy) is 2. The van der Waals surface area contributed by atoms with Crippen LogP contribution in [0, 0.1) is 0 Å². The molecule has 26 heavy (non-hydrogen) atoms. The van der Waals surface area contributed by atoms with Crippen molar-refractivity contribution >= 4 is 12.2 Å². The number of nitrogens with zero attached hydrogens (tertiary/aromatic N) is 2. The third-order valence-electron chi connectivity index (χ3n) is 3.81. The van der Waals surface area contributed by atoms with Gasteiger partial charge in [-0.15, -0.1) is 13.2 Å². The molecule has 1 aliphatic rings. The number of nitrogens with two attached hydrogens (primary N) is 1. The van der Waals surface area contributed by atoms with Gasteiger partial charge in [-0.25, -0.2) is 9.59 Å². The molecule has 0 bridgehead atoms. The molecule has 2 rings (SSSR count). The van der Waals surface area contributed by atoms with Gasteiger partial charge < -0.3 is 24.1 Å². The Labute approximate surface area is 147 Å². The standard InChI is InChI=1S/C15H18F3N3O5/c1-2-10-9-20(13(22)26-19)7-8-21(10)14(23)24-11-3-5-12(6-4-11)25-15(16,17)18/h3-6,10H,2,7-9,19H2,1H3. The van der Waals surface area contributed by atoms with Gasteiger partial charge in [-0.2, -0.15) is 5.90 Å². The number of rotatable bonds is 3. The summed E-state index contributed by atoms with van der Waals surface area (Å²) >= 11 is 0. The Hall–Kier alpha value is -2.69. The normalized spacial score (nSPS) is 17.7. The molecule has 2 amide bonds. The van der Waals surface area contributed by atoms with Gasteiger partial charge in [0.2, 0.25) is 0 Å². The molecular weight excluding hydrogens is 359 g/mol. The van der Waals surface area contributed by atoms with E-state index in [1.807, 2.05) is 6.92 Å². The molecule has 1 aromatic rings. The predicted molar refractivity (Wildman–Crippen MR) is 82.2 cm³/mol. The number of piperazine rings is 1. The van der Waals surface area contributed by atoms with E-state index in [-0.39, 0.29) is 31.4 Å². The van der Waals surface area contributed by atoms with E-state index in [0.29, 0.717) is 6.42 Å². The summed E-state index contributed by atoms with van der Waals surface area (Å²) in [6.07, 6.45) is -5.59. The first kappa shape index (κ1) is 19.6. The van der Waals surface area contributed by atoms with E-state index in [2.05, 4.69) is 9.57 Å². The average molecular weight is 377 g/mol. The molecule has 8 nitrogen and oxygen atoms in total. The minimum absolute atomic E-state index is 0.0724. The van der Waals surface area contributed by atoms with Crippen LogP contribution < -0.4 is 15.4 Å². The van der Waals surface area contributed by atoms with Gasteiger partial charge >= 0.3 is 18.5 Å². The molecule has 0 saturated carbocycles. The molecule has 11 heteroatoms. The van der Waals surface area contributed by atoms with Gasteiger partial charge in [-0.3, -0.25) is 0 Å². The summed E-state index contributed by atoms with van der Waals surface area (Å²) < 4.78 is 45.3. The Morgan fingerprint density at radius 1 is 1.15 bits per heavy atom. The number of carbonyl (C=O) groups excluding carboxylic acids is 2. The van der Waals surface area contributed by atoms with Gasteiger partial charge in [-0.1, -0.05) is 6.92 Å². The summed E-state index contributed by atoms with van der Waals surface area (Å²) in [4.78, 5) is 30.8. The number of alkyl halides is 3. The van der Waals surface area contributed by atoms with Gasteiger partial charge in [0.25, 0.3) is 0 Å². The quantitative estimate of drug-likeness (QED) is 0.814. The summed E-state index contributed by atoms with van der Waals surface area (Å²) in [6, 6.07) is 4.18. The lowest BCUT2D eigenvalue weighted by Crippen LogP contribution is -2.57. The molecule has 1 atom stereocenters. The van der Waals surface area contributed by atoms with Crippen molar-refractivity contribution in [3.05, 3.63) is 24.3 Å². The van der Waals surface area contributed by atoms with Crippen LogP contribution in [0.4, 0.5) is 22.8 Å². The predicted octanol–water partition coefficient (Wildman–Crippen LogP) is 2.49. The zero-order chi connectivity index (χ0) is 19.3. The maximum absolute atomic E-state index is 12.3. The average Bonchev–Trinajstić information content (AvgIpc) is 2.60. The second-order valence-corrected chi connectivity index (χ2v) is 5.47. The molecule has 0 radical (unpaired) electrons. The topological polar surface area (TPSA) is 94.3 Å². The van der Waals surface area contributed by atoms with E-state index in [1.165, 1.54) is 21.9 Å². The van der Waals surface area contributed by atoms with Crippen LogP contribution in [0.1, 0.15) is 13.3 Å². The van der Waals surface area contributed by atoms with E-state index in [0.717, 1.165) is 12.1 Å². The van der Waals surface area contributed by atoms with Crippen molar-refractivity contribution < 1.29 is 37.1 Å². The van der Waals surface area contributed by atoms with Gasteiger partial charge in [0.1, 0.15) is 11.5 Å². The molecule has 2 N–H and O–H groups in total. The Kier molecular flexibility index (Phi) is 6.14. The molecule has 1 heterocycles. The van der Waals surface area contributed by atoms with Crippen molar-refractivity contribution in [3.63, 3.8) is 0 Å². The maximum Gasteiger partial charge on any atom is 0.573 e. The molecule has 1 aliphatic heterocycles. The monoisotopic (exact) mass is 377 g/mol. The highest BCUT2D eigenvalue weighted by Crippen LogP contribution is 2.25. The number of hydrogen-bond donors (Lipinski definition) is 1. The van der Waals surface area contributed by atoms with Gasteiger partial charge in [0, 0.05) is 19.6 Å². The molecular formula is C15H18F3N3O5. The minimum atomic E-state index is -4.79. The zero-order valence-corrected chi connectivity index (χ0v) is 13.9. The van der Waals surface area contributed by atoms with Crippen molar-refractivity contribution in [2.24, 2.45) is 5.90 Å². The fraction of sp³-hybridized carbons (Fsp3) is 0.467. The van der Waals surface area contributed by atoms with E-state index in [4.69, 9.17) is 10.6 Å². The van der Waals surface area contributed by atoms with Crippen molar-refractivity contribution in [1.82, 2.24) is 9.80 Å². The van der Waals surface area contributed by atoms with E-state index in [9.17, 15) is 22.8 Å². The molecule has 0 aliphatic carbocycles. The highest BCUT2D eigenvalue weighted by atomic mass is 19.4. The van der Waals surface area contributed by atoms with Crippen LogP contribution in [0.2, 0.25) is 0 Å².